The fraction of sp³-hybridized carbons (Fsp3) is 0.231. The van der Waals surface area contributed by atoms with Crippen molar-refractivity contribution >= 4 is 39.1 Å². The summed E-state index contributed by atoms with van der Waals surface area (Å²) in [5.74, 6) is -1.67. The first-order chi connectivity index (χ1) is 18.7. The Morgan fingerprint density at radius 3 is 1.68 bits per heavy atom. The number of amides is 2. The second-order valence-electron chi connectivity index (χ2n) is 8.65. The van der Waals surface area contributed by atoms with Crippen molar-refractivity contribution in [3.05, 3.63) is 93.5 Å². The van der Waals surface area contributed by atoms with Gasteiger partial charge in [0.25, 0.3) is 11.8 Å². The molecule has 4 nitrogen and oxygen atoms in total. The Hall–Kier alpha value is -3.62. The molecule has 15 heteroatoms. The van der Waals surface area contributed by atoms with Gasteiger partial charge < -0.3 is 9.80 Å². The van der Waals surface area contributed by atoms with Crippen LogP contribution in [0, 0.1) is 0 Å². The molecule has 0 heterocycles. The van der Waals surface area contributed by atoms with E-state index < -0.39 is 63.4 Å². The molecule has 0 saturated carbocycles. The molecule has 0 radical (unpaired) electrons. The van der Waals surface area contributed by atoms with Crippen LogP contribution in [0.2, 0.25) is 0 Å². The van der Waals surface area contributed by atoms with E-state index in [0.29, 0.717) is 4.90 Å². The van der Waals surface area contributed by atoms with Crippen LogP contribution in [-0.2, 0) is 11.8 Å². The predicted octanol–water partition coefficient (Wildman–Crippen LogP) is 8.31. The molecule has 3 aromatic carbocycles. The standard InChI is InChI=1S/C26H17BrF10N2O2/c1-38(21(40)14-7-4-3-5-8-14)17-10-6-9-15(11-17)22(41)39(2)20-18(24(29,30)31)12-16(13-19(20)27)23(28,25(32,33)34)26(35,36)37/h3-13H,1-2H3. The molecule has 2 amide bonds. The van der Waals surface area contributed by atoms with Crippen LogP contribution in [0.5, 0.6) is 0 Å². The van der Waals surface area contributed by atoms with Gasteiger partial charge in [0.05, 0.1) is 11.3 Å². The van der Waals surface area contributed by atoms with Crippen molar-refractivity contribution in [1.82, 2.24) is 0 Å². The fourth-order valence-corrected chi connectivity index (χ4v) is 4.60. The van der Waals surface area contributed by atoms with Crippen LogP contribution in [0.3, 0.4) is 0 Å². The Morgan fingerprint density at radius 2 is 1.17 bits per heavy atom. The van der Waals surface area contributed by atoms with Gasteiger partial charge in [-0.2, -0.15) is 39.5 Å². The number of hydrogen-bond donors (Lipinski definition) is 0. The predicted molar refractivity (Wildman–Crippen MR) is 132 cm³/mol. The lowest BCUT2D eigenvalue weighted by Crippen LogP contribution is -2.50. The first kappa shape index (κ1) is 31.9. The molecule has 0 saturated heterocycles. The topological polar surface area (TPSA) is 40.6 Å². The zero-order chi connectivity index (χ0) is 31.1. The highest BCUT2D eigenvalue weighted by molar-refractivity contribution is 9.10. The molecule has 3 rings (SSSR count). The summed E-state index contributed by atoms with van der Waals surface area (Å²) in [4.78, 5) is 27.4. The highest BCUT2D eigenvalue weighted by Crippen LogP contribution is 2.55. The number of halogens is 11. The van der Waals surface area contributed by atoms with Gasteiger partial charge >= 0.3 is 24.2 Å². The quantitative estimate of drug-likeness (QED) is 0.259. The second-order valence-corrected chi connectivity index (χ2v) is 9.51. The van der Waals surface area contributed by atoms with Gasteiger partial charge in [-0.1, -0.05) is 24.3 Å². The number of nitrogens with zero attached hydrogens (tertiary/aromatic N) is 2. The molecule has 0 spiro atoms. The molecule has 0 aliphatic carbocycles. The molecular weight excluding hydrogens is 642 g/mol. The molecule has 0 unspecified atom stereocenters. The minimum atomic E-state index is -6.67. The van der Waals surface area contributed by atoms with E-state index in [2.05, 4.69) is 15.9 Å². The first-order valence-electron chi connectivity index (χ1n) is 11.2. The summed E-state index contributed by atoms with van der Waals surface area (Å²) in [6.07, 6.45) is -19.0. The summed E-state index contributed by atoms with van der Waals surface area (Å²) in [7, 11) is 2.16. The fourth-order valence-electron chi connectivity index (χ4n) is 3.88. The van der Waals surface area contributed by atoms with Gasteiger partial charge in [0.1, 0.15) is 0 Å². The molecule has 0 N–H and O–H groups in total. The Morgan fingerprint density at radius 1 is 0.659 bits per heavy atom. The van der Waals surface area contributed by atoms with Crippen LogP contribution in [-0.4, -0.2) is 38.3 Å². The zero-order valence-corrected chi connectivity index (χ0v) is 22.3. The van der Waals surface area contributed by atoms with Crippen LogP contribution in [0.15, 0.2) is 71.2 Å². The van der Waals surface area contributed by atoms with Crippen molar-refractivity contribution in [2.45, 2.75) is 24.2 Å². The van der Waals surface area contributed by atoms with E-state index in [-0.39, 0.29) is 22.9 Å². The summed E-state index contributed by atoms with van der Waals surface area (Å²) < 4.78 is 135. The van der Waals surface area contributed by atoms with Gasteiger partial charge in [0.2, 0.25) is 0 Å². The number of benzene rings is 3. The number of carbonyl (C=O) groups excluding carboxylic acids is 2. The van der Waals surface area contributed by atoms with E-state index >= 15 is 0 Å². The lowest BCUT2D eigenvalue weighted by molar-refractivity contribution is -0.348. The zero-order valence-electron chi connectivity index (χ0n) is 20.7. The van der Waals surface area contributed by atoms with E-state index in [0.717, 1.165) is 18.0 Å². The SMILES string of the molecule is CN(C(=O)c1ccccc1)c1cccc(C(=O)N(C)c2c(Br)cc(C(F)(C(F)(F)F)C(F)(F)F)cc2C(F)(F)F)c1. The van der Waals surface area contributed by atoms with E-state index in [1.54, 1.807) is 18.2 Å². The van der Waals surface area contributed by atoms with Crippen molar-refractivity contribution in [1.29, 1.82) is 0 Å². The van der Waals surface area contributed by atoms with Gasteiger partial charge in [-0.15, -0.1) is 0 Å². The summed E-state index contributed by atoms with van der Waals surface area (Å²) in [6.45, 7) is 0. The molecule has 220 valence electrons. The van der Waals surface area contributed by atoms with Crippen LogP contribution >= 0.6 is 15.9 Å². The third-order valence-corrected chi connectivity index (χ3v) is 6.60. The largest absolute Gasteiger partial charge is 0.435 e. The van der Waals surface area contributed by atoms with Gasteiger partial charge in [-0.05, 0) is 58.4 Å². The average Bonchev–Trinajstić information content (AvgIpc) is 2.89. The summed E-state index contributed by atoms with van der Waals surface area (Å²) in [5.41, 5.74) is -11.7. The van der Waals surface area contributed by atoms with Gasteiger partial charge in [0.15, 0.2) is 0 Å². The number of anilines is 2. The van der Waals surface area contributed by atoms with Crippen molar-refractivity contribution in [3.63, 3.8) is 0 Å². The van der Waals surface area contributed by atoms with Crippen LogP contribution < -0.4 is 9.80 Å². The minimum Gasteiger partial charge on any atom is -0.311 e. The normalized spacial score (nSPS) is 12.7. The molecule has 0 aromatic heterocycles. The van der Waals surface area contributed by atoms with Gasteiger partial charge in [-0.25, -0.2) is 4.39 Å². The number of alkyl halides is 10. The molecule has 3 aromatic rings. The highest BCUT2D eigenvalue weighted by atomic mass is 79.9. The van der Waals surface area contributed by atoms with Crippen molar-refractivity contribution in [2.24, 2.45) is 0 Å². The molecule has 0 bridgehead atoms. The van der Waals surface area contributed by atoms with Gasteiger partial charge in [-0.3, -0.25) is 9.59 Å². The Labute approximate surface area is 234 Å². The monoisotopic (exact) mass is 658 g/mol. The first-order valence-corrected chi connectivity index (χ1v) is 12.0. The molecular formula is C26H17BrF10N2O2. The van der Waals surface area contributed by atoms with Crippen molar-refractivity contribution in [2.75, 3.05) is 23.9 Å². The number of hydrogen-bond acceptors (Lipinski definition) is 2. The summed E-state index contributed by atoms with van der Waals surface area (Å²) >= 11 is 2.49. The number of rotatable bonds is 5. The van der Waals surface area contributed by atoms with E-state index in [9.17, 15) is 53.5 Å². The van der Waals surface area contributed by atoms with Crippen LogP contribution in [0.1, 0.15) is 31.8 Å². The summed E-state index contributed by atoms with van der Waals surface area (Å²) in [5, 5.41) is 0. The third kappa shape index (κ3) is 6.04. The van der Waals surface area contributed by atoms with Crippen LogP contribution in [0.25, 0.3) is 0 Å². The van der Waals surface area contributed by atoms with Gasteiger partial charge in [0, 0.05) is 40.9 Å². The molecule has 0 aliphatic heterocycles. The molecule has 0 atom stereocenters. The number of carbonyl (C=O) groups is 2. The Bertz CT molecular complexity index is 1440. The highest BCUT2D eigenvalue weighted by Gasteiger charge is 2.73. The van der Waals surface area contributed by atoms with Crippen molar-refractivity contribution in [3.8, 4) is 0 Å². The van der Waals surface area contributed by atoms with E-state index in [1.807, 2.05) is 0 Å². The second kappa shape index (κ2) is 11.0. The minimum absolute atomic E-state index is 0.113. The maximum absolute atomic E-state index is 14.6. The lowest BCUT2D eigenvalue weighted by Gasteiger charge is -2.32. The molecule has 0 aliphatic rings. The summed E-state index contributed by atoms with van der Waals surface area (Å²) in [6, 6.07) is 12.2. The van der Waals surface area contributed by atoms with Crippen molar-refractivity contribution < 1.29 is 53.5 Å². The molecule has 0 fully saturated rings. The maximum atomic E-state index is 14.6. The average molecular weight is 659 g/mol. The third-order valence-electron chi connectivity index (χ3n) is 5.99. The van der Waals surface area contributed by atoms with Crippen LogP contribution in [0.4, 0.5) is 55.3 Å². The molecule has 41 heavy (non-hydrogen) atoms. The van der Waals surface area contributed by atoms with E-state index in [1.165, 1.54) is 37.4 Å². The maximum Gasteiger partial charge on any atom is 0.435 e. The Balaban J connectivity index is 2.10. The lowest BCUT2D eigenvalue weighted by atomic mass is 9.91. The van der Waals surface area contributed by atoms with E-state index in [4.69, 9.17) is 0 Å². The Kier molecular flexibility index (Phi) is 8.55. The smallest absolute Gasteiger partial charge is 0.311 e.